The smallest absolute Gasteiger partial charge is 0.222 e. The minimum absolute atomic E-state index is 0.278. The van der Waals surface area contributed by atoms with Crippen LogP contribution in [0.25, 0.3) is 5.69 Å². The Morgan fingerprint density at radius 3 is 2.79 bits per heavy atom. The molecule has 2 bridgehead atoms. The van der Waals surface area contributed by atoms with Crippen molar-refractivity contribution in [1.82, 2.24) is 14.7 Å². The molecule has 4 rings (SSSR count). The van der Waals surface area contributed by atoms with Gasteiger partial charge in [0, 0.05) is 31.8 Å². The van der Waals surface area contributed by atoms with Crippen molar-refractivity contribution < 1.29 is 4.79 Å². The molecule has 2 aromatic rings. The number of hydrogen-bond donors (Lipinski definition) is 0. The van der Waals surface area contributed by atoms with Gasteiger partial charge in [-0.2, -0.15) is 5.10 Å². The van der Waals surface area contributed by atoms with Gasteiger partial charge in [-0.15, -0.1) is 0 Å². The van der Waals surface area contributed by atoms with Crippen molar-refractivity contribution in [2.75, 3.05) is 7.05 Å². The molecule has 2 aliphatic rings. The van der Waals surface area contributed by atoms with E-state index in [1.54, 1.807) is 0 Å². The molecular weight excluding hydrogens is 298 g/mol. The zero-order valence-electron chi connectivity index (χ0n) is 14.3. The van der Waals surface area contributed by atoms with Crippen molar-refractivity contribution in [3.8, 4) is 5.69 Å². The highest BCUT2D eigenvalue weighted by Gasteiger charge is 2.40. The summed E-state index contributed by atoms with van der Waals surface area (Å²) in [6.45, 7) is 0.631. The van der Waals surface area contributed by atoms with Crippen molar-refractivity contribution in [3.05, 3.63) is 48.3 Å². The number of hydrogen-bond acceptors (Lipinski definition) is 2. The van der Waals surface area contributed by atoms with E-state index in [0.717, 1.165) is 29.5 Å². The Balaban J connectivity index is 1.35. The van der Waals surface area contributed by atoms with Crippen molar-refractivity contribution >= 4 is 5.91 Å². The van der Waals surface area contributed by atoms with E-state index in [-0.39, 0.29) is 5.91 Å². The van der Waals surface area contributed by atoms with E-state index in [4.69, 9.17) is 0 Å². The third kappa shape index (κ3) is 3.10. The molecule has 2 saturated carbocycles. The van der Waals surface area contributed by atoms with Crippen LogP contribution in [0.2, 0.25) is 0 Å². The molecule has 1 heterocycles. The van der Waals surface area contributed by atoms with Crippen LogP contribution in [0.3, 0.4) is 0 Å². The fourth-order valence-electron chi connectivity index (χ4n) is 4.53. The summed E-state index contributed by atoms with van der Waals surface area (Å²) >= 11 is 0. The maximum Gasteiger partial charge on any atom is 0.222 e. The number of rotatable bonds is 5. The highest BCUT2D eigenvalue weighted by atomic mass is 16.2. The molecular formula is C20H25N3O. The van der Waals surface area contributed by atoms with Crippen LogP contribution < -0.4 is 0 Å². The Morgan fingerprint density at radius 2 is 2.08 bits per heavy atom. The molecule has 1 amide bonds. The Labute approximate surface area is 143 Å². The van der Waals surface area contributed by atoms with Gasteiger partial charge in [0.25, 0.3) is 0 Å². The van der Waals surface area contributed by atoms with Crippen LogP contribution in [0.15, 0.2) is 42.7 Å². The maximum atomic E-state index is 12.6. The number of benzene rings is 1. The second-order valence-corrected chi connectivity index (χ2v) is 7.52. The van der Waals surface area contributed by atoms with Crippen LogP contribution in [0, 0.1) is 17.8 Å². The van der Waals surface area contributed by atoms with E-state index < -0.39 is 0 Å². The van der Waals surface area contributed by atoms with Gasteiger partial charge in [0.05, 0.1) is 11.9 Å². The molecule has 4 nitrogen and oxygen atoms in total. The van der Waals surface area contributed by atoms with Crippen LogP contribution in [0.1, 0.15) is 37.7 Å². The third-order valence-electron chi connectivity index (χ3n) is 5.82. The van der Waals surface area contributed by atoms with Crippen molar-refractivity contribution in [2.24, 2.45) is 17.8 Å². The van der Waals surface area contributed by atoms with Crippen LogP contribution in [0.5, 0.6) is 0 Å². The summed E-state index contributed by atoms with van der Waals surface area (Å²) in [6.07, 6.45) is 9.97. The molecule has 0 aliphatic heterocycles. The number of nitrogens with zero attached hydrogens (tertiary/aromatic N) is 3. The summed E-state index contributed by atoms with van der Waals surface area (Å²) in [7, 11) is 1.91. The Hall–Kier alpha value is -2.10. The molecule has 2 aliphatic carbocycles. The van der Waals surface area contributed by atoms with Crippen LogP contribution in [-0.4, -0.2) is 27.6 Å². The minimum Gasteiger partial charge on any atom is -0.341 e. The van der Waals surface area contributed by atoms with Crippen molar-refractivity contribution in [2.45, 2.75) is 38.6 Å². The predicted octanol–water partition coefficient (Wildman–Crippen LogP) is 3.66. The van der Waals surface area contributed by atoms with Gasteiger partial charge in [0.1, 0.15) is 0 Å². The van der Waals surface area contributed by atoms with Gasteiger partial charge >= 0.3 is 0 Å². The SMILES string of the molecule is CN(Cc1cnn(-c2ccccc2)c1)C(=O)C[C@@H]1C[C@@H]2CC[C@@H]1C2. The predicted molar refractivity (Wildman–Crippen MR) is 93.6 cm³/mol. The topological polar surface area (TPSA) is 38.1 Å². The summed E-state index contributed by atoms with van der Waals surface area (Å²) in [5, 5.41) is 4.41. The summed E-state index contributed by atoms with van der Waals surface area (Å²) in [4.78, 5) is 14.4. The Bertz CT molecular complexity index is 709. The van der Waals surface area contributed by atoms with Gasteiger partial charge in [-0.1, -0.05) is 24.6 Å². The lowest BCUT2D eigenvalue weighted by atomic mass is 9.86. The number of para-hydroxylation sites is 1. The van der Waals surface area contributed by atoms with Gasteiger partial charge in [-0.3, -0.25) is 4.79 Å². The average Bonchev–Trinajstić information content (AvgIpc) is 3.32. The highest BCUT2D eigenvalue weighted by Crippen LogP contribution is 2.49. The second kappa shape index (κ2) is 6.42. The Kier molecular flexibility index (Phi) is 4.13. The van der Waals surface area contributed by atoms with E-state index >= 15 is 0 Å². The van der Waals surface area contributed by atoms with E-state index in [0.29, 0.717) is 12.5 Å². The molecule has 0 radical (unpaired) electrons. The molecule has 1 aromatic heterocycles. The van der Waals surface area contributed by atoms with Gasteiger partial charge in [-0.25, -0.2) is 4.68 Å². The van der Waals surface area contributed by atoms with Gasteiger partial charge in [0.15, 0.2) is 0 Å². The van der Waals surface area contributed by atoms with Gasteiger partial charge in [0.2, 0.25) is 5.91 Å². The minimum atomic E-state index is 0.278. The number of carbonyl (C=O) groups is 1. The normalized spacial score (nSPS) is 25.1. The molecule has 0 unspecified atom stereocenters. The molecule has 1 aromatic carbocycles. The lowest BCUT2D eigenvalue weighted by Crippen LogP contribution is -2.29. The van der Waals surface area contributed by atoms with E-state index in [2.05, 4.69) is 5.10 Å². The third-order valence-corrected chi connectivity index (χ3v) is 5.82. The summed E-state index contributed by atoms with van der Waals surface area (Å²) < 4.78 is 1.86. The Morgan fingerprint density at radius 1 is 1.25 bits per heavy atom. The first-order valence-electron chi connectivity index (χ1n) is 9.02. The zero-order chi connectivity index (χ0) is 16.5. The highest BCUT2D eigenvalue weighted by molar-refractivity contribution is 5.76. The molecule has 126 valence electrons. The molecule has 0 N–H and O–H groups in total. The lowest BCUT2D eigenvalue weighted by Gasteiger charge is -2.24. The van der Waals surface area contributed by atoms with Crippen molar-refractivity contribution in [3.63, 3.8) is 0 Å². The van der Waals surface area contributed by atoms with Gasteiger partial charge in [-0.05, 0) is 49.1 Å². The van der Waals surface area contributed by atoms with Crippen LogP contribution in [0.4, 0.5) is 0 Å². The second-order valence-electron chi connectivity index (χ2n) is 7.52. The lowest BCUT2D eigenvalue weighted by molar-refractivity contribution is -0.131. The van der Waals surface area contributed by atoms with E-state index in [9.17, 15) is 4.79 Å². The first-order chi connectivity index (χ1) is 11.7. The average molecular weight is 323 g/mol. The number of aromatic nitrogens is 2. The molecule has 2 fully saturated rings. The summed E-state index contributed by atoms with van der Waals surface area (Å²) in [6, 6.07) is 10.1. The maximum absolute atomic E-state index is 12.6. The fraction of sp³-hybridized carbons (Fsp3) is 0.500. The summed E-state index contributed by atoms with van der Waals surface area (Å²) in [5.41, 5.74) is 2.11. The number of carbonyl (C=O) groups excluding carboxylic acids is 1. The molecule has 4 heteroatoms. The largest absolute Gasteiger partial charge is 0.341 e. The standard InChI is InChI=1S/C20H25N3O/c1-22(20(24)11-18-10-15-7-8-17(18)9-15)13-16-12-21-23(14-16)19-5-3-2-4-6-19/h2-6,12,14-15,17-18H,7-11,13H2,1H3/t15-,17-,18+/m1/s1. The molecule has 0 spiro atoms. The van der Waals surface area contributed by atoms with E-state index in [1.807, 2.05) is 59.4 Å². The van der Waals surface area contributed by atoms with E-state index in [1.165, 1.54) is 25.7 Å². The monoisotopic (exact) mass is 323 g/mol. The molecule has 0 saturated heterocycles. The van der Waals surface area contributed by atoms with Gasteiger partial charge < -0.3 is 4.90 Å². The summed E-state index contributed by atoms with van der Waals surface area (Å²) in [5.74, 6) is 2.63. The van der Waals surface area contributed by atoms with Crippen LogP contribution in [-0.2, 0) is 11.3 Å². The first-order valence-corrected chi connectivity index (χ1v) is 9.02. The number of amides is 1. The van der Waals surface area contributed by atoms with Crippen LogP contribution >= 0.6 is 0 Å². The van der Waals surface area contributed by atoms with Crippen molar-refractivity contribution in [1.29, 1.82) is 0 Å². The quantitative estimate of drug-likeness (QED) is 0.842. The number of fused-ring (bicyclic) bond motifs is 2. The molecule has 24 heavy (non-hydrogen) atoms. The fourth-order valence-corrected chi connectivity index (χ4v) is 4.53. The molecule has 3 atom stereocenters. The zero-order valence-corrected chi connectivity index (χ0v) is 14.3. The first kappa shape index (κ1) is 15.4.